The lowest BCUT2D eigenvalue weighted by molar-refractivity contribution is -0.120. The largest absolute Gasteiger partial charge is 0.301 e. The molecule has 1 saturated heterocycles. The van der Waals surface area contributed by atoms with Gasteiger partial charge >= 0.3 is 0 Å². The van der Waals surface area contributed by atoms with Crippen molar-refractivity contribution < 1.29 is 13.2 Å². The number of nitrogens with one attached hydrogen (secondary N) is 1. The van der Waals surface area contributed by atoms with Gasteiger partial charge in [-0.3, -0.25) is 4.79 Å². The van der Waals surface area contributed by atoms with Crippen molar-refractivity contribution >= 4 is 32.4 Å². The number of anilines is 1. The average molecular weight is 392 g/mol. The molecule has 2 fully saturated rings. The lowest BCUT2D eigenvalue weighted by atomic mass is 10.0. The highest BCUT2D eigenvalue weighted by Crippen LogP contribution is 2.41. The normalized spacial score (nSPS) is 21.5. The van der Waals surface area contributed by atoms with Gasteiger partial charge in [0.05, 0.1) is 10.6 Å². The zero-order chi connectivity index (χ0) is 18.1. The van der Waals surface area contributed by atoms with E-state index in [1.54, 1.807) is 30.3 Å². The molecule has 4 rings (SSSR count). The highest BCUT2D eigenvalue weighted by molar-refractivity contribution is 7.89. The molecule has 26 heavy (non-hydrogen) atoms. The molecule has 1 aliphatic heterocycles. The fraction of sp³-hybridized carbons (Fsp3) is 0.444. The van der Waals surface area contributed by atoms with Crippen LogP contribution in [-0.4, -0.2) is 36.2 Å². The molecule has 2 heterocycles. The Morgan fingerprint density at radius 2 is 1.92 bits per heavy atom. The maximum absolute atomic E-state index is 13.0. The third-order valence-electron chi connectivity index (χ3n) is 4.85. The van der Waals surface area contributed by atoms with E-state index >= 15 is 0 Å². The van der Waals surface area contributed by atoms with Crippen molar-refractivity contribution in [3.8, 4) is 0 Å². The van der Waals surface area contributed by atoms with Crippen molar-refractivity contribution in [2.75, 3.05) is 11.9 Å². The number of amides is 1. The number of benzene rings is 1. The molecule has 1 aliphatic carbocycles. The summed E-state index contributed by atoms with van der Waals surface area (Å²) in [6, 6.07) is 7.62. The number of nitrogens with zero attached hydrogens (tertiary/aromatic N) is 2. The Morgan fingerprint density at radius 1 is 1.15 bits per heavy atom. The van der Waals surface area contributed by atoms with Crippen LogP contribution < -0.4 is 5.32 Å². The molecule has 1 saturated carbocycles. The zero-order valence-corrected chi connectivity index (χ0v) is 15.9. The Bertz CT molecular complexity index is 891. The SMILES string of the molecule is O=C(Nc1nc(C2CC2)cs1)C1CCCCN1S(=O)(=O)c1ccccc1. The van der Waals surface area contributed by atoms with Crippen LogP contribution in [0.3, 0.4) is 0 Å². The number of piperidine rings is 1. The standard InChI is InChI=1S/C18H21N3O3S2/c22-17(20-18-19-15(12-25-18)13-9-10-13)16-8-4-5-11-21(16)26(23,24)14-6-2-1-3-7-14/h1-3,6-7,12-13,16H,4-5,8-11H2,(H,19,20,22). The number of aromatic nitrogens is 1. The third kappa shape index (κ3) is 3.54. The number of carbonyl (C=O) groups excluding carboxylic acids is 1. The first-order valence-electron chi connectivity index (χ1n) is 8.89. The first-order chi connectivity index (χ1) is 12.6. The number of rotatable bonds is 5. The summed E-state index contributed by atoms with van der Waals surface area (Å²) < 4.78 is 27.3. The molecule has 1 atom stereocenters. The van der Waals surface area contributed by atoms with Crippen molar-refractivity contribution in [3.05, 3.63) is 41.4 Å². The molecule has 1 aromatic carbocycles. The molecule has 1 unspecified atom stereocenters. The Kier molecular flexibility index (Phi) is 4.81. The van der Waals surface area contributed by atoms with Gasteiger partial charge in [0, 0.05) is 17.8 Å². The van der Waals surface area contributed by atoms with Crippen molar-refractivity contribution in [2.45, 2.75) is 49.0 Å². The highest BCUT2D eigenvalue weighted by Gasteiger charge is 2.38. The number of hydrogen-bond donors (Lipinski definition) is 1. The van der Waals surface area contributed by atoms with E-state index in [4.69, 9.17) is 0 Å². The summed E-state index contributed by atoms with van der Waals surface area (Å²) in [4.78, 5) is 17.5. The van der Waals surface area contributed by atoms with E-state index in [1.807, 2.05) is 5.38 Å². The Hall–Kier alpha value is -1.77. The van der Waals surface area contributed by atoms with E-state index in [1.165, 1.54) is 15.6 Å². The molecule has 1 aromatic heterocycles. The fourth-order valence-electron chi connectivity index (χ4n) is 3.28. The van der Waals surface area contributed by atoms with Gasteiger partial charge < -0.3 is 5.32 Å². The van der Waals surface area contributed by atoms with E-state index in [2.05, 4.69) is 10.3 Å². The number of sulfonamides is 1. The van der Waals surface area contributed by atoms with E-state index in [9.17, 15) is 13.2 Å². The van der Waals surface area contributed by atoms with Crippen LogP contribution in [0.15, 0.2) is 40.6 Å². The molecule has 0 bridgehead atoms. The van der Waals surface area contributed by atoms with Crippen LogP contribution >= 0.6 is 11.3 Å². The maximum Gasteiger partial charge on any atom is 0.244 e. The van der Waals surface area contributed by atoms with E-state index in [0.717, 1.165) is 31.4 Å². The summed E-state index contributed by atoms with van der Waals surface area (Å²) >= 11 is 1.40. The zero-order valence-electron chi connectivity index (χ0n) is 14.3. The summed E-state index contributed by atoms with van der Waals surface area (Å²) in [6.07, 6.45) is 4.44. The molecule has 0 spiro atoms. The molecule has 6 nitrogen and oxygen atoms in total. The summed E-state index contributed by atoms with van der Waals surface area (Å²) in [7, 11) is -3.69. The quantitative estimate of drug-likeness (QED) is 0.849. The maximum atomic E-state index is 13.0. The smallest absolute Gasteiger partial charge is 0.244 e. The minimum Gasteiger partial charge on any atom is -0.301 e. The summed E-state index contributed by atoms with van der Waals surface area (Å²) in [5.74, 6) is 0.238. The van der Waals surface area contributed by atoms with Gasteiger partial charge in [-0.2, -0.15) is 4.31 Å². The van der Waals surface area contributed by atoms with Gasteiger partial charge in [-0.05, 0) is 37.8 Å². The molecular weight excluding hydrogens is 370 g/mol. The van der Waals surface area contributed by atoms with Crippen LogP contribution in [-0.2, 0) is 14.8 Å². The van der Waals surface area contributed by atoms with Gasteiger partial charge in [0.15, 0.2) is 5.13 Å². The van der Waals surface area contributed by atoms with Crippen LogP contribution in [0.25, 0.3) is 0 Å². The molecule has 1 N–H and O–H groups in total. The van der Waals surface area contributed by atoms with Gasteiger partial charge in [-0.25, -0.2) is 13.4 Å². The van der Waals surface area contributed by atoms with Crippen LogP contribution in [0.2, 0.25) is 0 Å². The lowest BCUT2D eigenvalue weighted by Gasteiger charge is -2.33. The van der Waals surface area contributed by atoms with Gasteiger partial charge in [-0.1, -0.05) is 24.6 Å². The number of carbonyl (C=O) groups is 1. The minimum absolute atomic E-state index is 0.227. The molecule has 138 valence electrons. The van der Waals surface area contributed by atoms with Crippen LogP contribution in [0.4, 0.5) is 5.13 Å². The lowest BCUT2D eigenvalue weighted by Crippen LogP contribution is -2.49. The first kappa shape index (κ1) is 17.6. The second-order valence-corrected chi connectivity index (χ2v) is 9.53. The average Bonchev–Trinajstić information content (AvgIpc) is 3.42. The van der Waals surface area contributed by atoms with Crippen molar-refractivity contribution in [1.29, 1.82) is 0 Å². The van der Waals surface area contributed by atoms with Crippen LogP contribution in [0.5, 0.6) is 0 Å². The van der Waals surface area contributed by atoms with Crippen molar-refractivity contribution in [3.63, 3.8) is 0 Å². The van der Waals surface area contributed by atoms with Gasteiger partial charge in [-0.15, -0.1) is 11.3 Å². The molecule has 1 amide bonds. The third-order valence-corrected chi connectivity index (χ3v) is 7.55. The summed E-state index contributed by atoms with van der Waals surface area (Å²) in [5, 5.41) is 5.36. The highest BCUT2D eigenvalue weighted by atomic mass is 32.2. The second-order valence-electron chi connectivity index (χ2n) is 6.78. The number of hydrogen-bond acceptors (Lipinski definition) is 5. The fourth-order valence-corrected chi connectivity index (χ4v) is 5.75. The van der Waals surface area contributed by atoms with E-state index < -0.39 is 16.1 Å². The predicted molar refractivity (Wildman–Crippen MR) is 101 cm³/mol. The number of thiazole rings is 1. The van der Waals surface area contributed by atoms with Crippen molar-refractivity contribution in [2.24, 2.45) is 0 Å². The topological polar surface area (TPSA) is 79.4 Å². The predicted octanol–water partition coefficient (Wildman–Crippen LogP) is 3.20. The molecule has 8 heteroatoms. The summed E-state index contributed by atoms with van der Waals surface area (Å²) in [5.41, 5.74) is 1.03. The first-order valence-corrected chi connectivity index (χ1v) is 11.2. The Balaban J connectivity index is 1.53. The molecule has 2 aliphatic rings. The monoisotopic (exact) mass is 391 g/mol. The van der Waals surface area contributed by atoms with E-state index in [0.29, 0.717) is 24.0 Å². The molecule has 2 aromatic rings. The second kappa shape index (κ2) is 7.09. The van der Waals surface area contributed by atoms with Crippen LogP contribution in [0.1, 0.15) is 43.7 Å². The van der Waals surface area contributed by atoms with Crippen LogP contribution in [0, 0.1) is 0 Å². The Morgan fingerprint density at radius 3 is 2.65 bits per heavy atom. The van der Waals surface area contributed by atoms with E-state index in [-0.39, 0.29) is 10.8 Å². The van der Waals surface area contributed by atoms with Crippen molar-refractivity contribution in [1.82, 2.24) is 9.29 Å². The van der Waals surface area contributed by atoms with Gasteiger partial charge in [0.25, 0.3) is 0 Å². The molecule has 0 radical (unpaired) electrons. The Labute approximate surface area is 157 Å². The molecular formula is C18H21N3O3S2. The van der Waals surface area contributed by atoms with Gasteiger partial charge in [0.1, 0.15) is 6.04 Å². The summed E-state index contributed by atoms with van der Waals surface area (Å²) in [6.45, 7) is 0.362. The minimum atomic E-state index is -3.69. The van der Waals surface area contributed by atoms with Gasteiger partial charge in [0.2, 0.25) is 15.9 Å².